The fraction of sp³-hybridized carbons (Fsp3) is 0.542. The van der Waals surface area contributed by atoms with Gasteiger partial charge in [0.2, 0.25) is 9.84 Å². The summed E-state index contributed by atoms with van der Waals surface area (Å²) in [6, 6.07) is 6.16. The van der Waals surface area contributed by atoms with Gasteiger partial charge in [-0.05, 0) is 56.7 Å². The van der Waals surface area contributed by atoms with Crippen molar-refractivity contribution >= 4 is 27.4 Å². The molecule has 180 valence electrons. The lowest BCUT2D eigenvalue weighted by molar-refractivity contribution is 0.0997. The number of carbonyl (C=O) groups excluding carboxylic acids is 1. The van der Waals surface area contributed by atoms with Crippen LogP contribution in [0.1, 0.15) is 65.2 Å². The summed E-state index contributed by atoms with van der Waals surface area (Å²) in [5.74, 6) is 0.288. The third-order valence-corrected chi connectivity index (χ3v) is 8.12. The molecule has 1 aliphatic heterocycles. The van der Waals surface area contributed by atoms with Crippen LogP contribution in [0.15, 0.2) is 40.4 Å². The molecule has 0 aromatic carbocycles. The molecule has 2 aromatic heterocycles. The number of hydrogen-bond donors (Lipinski definition) is 2. The maximum absolute atomic E-state index is 13.6. The number of anilines is 2. The molecule has 3 N–H and O–H groups in total. The van der Waals surface area contributed by atoms with Gasteiger partial charge >= 0.3 is 0 Å². The van der Waals surface area contributed by atoms with E-state index in [0.29, 0.717) is 24.1 Å². The molecule has 33 heavy (non-hydrogen) atoms. The standard InChI is InChI=1S/C24H35N5O3S/c1-15-13-24(6,7)29(14-15)22-20(21(25)30)17(11-12-26-22)33(31,32)19-10-8-9-18(28-19)27-16(2)23(3,4)5/h8-12,15-16H,13-14H2,1-7H3,(H2,25,30)(H,27,28)/t15?,16-/m1/s1. The quantitative estimate of drug-likeness (QED) is 0.653. The Morgan fingerprint density at radius 3 is 2.48 bits per heavy atom. The molecule has 1 amide bonds. The third kappa shape index (κ3) is 4.98. The summed E-state index contributed by atoms with van der Waals surface area (Å²) >= 11 is 0. The van der Waals surface area contributed by atoms with Crippen molar-refractivity contribution in [2.75, 3.05) is 16.8 Å². The maximum Gasteiger partial charge on any atom is 0.253 e. The van der Waals surface area contributed by atoms with Crippen molar-refractivity contribution in [1.82, 2.24) is 9.97 Å². The Hall–Kier alpha value is -2.68. The average Bonchev–Trinajstić information content (AvgIpc) is 2.98. The number of hydrogen-bond acceptors (Lipinski definition) is 7. The van der Waals surface area contributed by atoms with Crippen molar-refractivity contribution < 1.29 is 13.2 Å². The van der Waals surface area contributed by atoms with E-state index in [0.717, 1.165) is 6.42 Å². The van der Waals surface area contributed by atoms with E-state index in [9.17, 15) is 13.2 Å². The van der Waals surface area contributed by atoms with Crippen molar-refractivity contribution in [1.29, 1.82) is 0 Å². The van der Waals surface area contributed by atoms with Gasteiger partial charge < -0.3 is 16.0 Å². The highest BCUT2D eigenvalue weighted by Gasteiger charge is 2.40. The lowest BCUT2D eigenvalue weighted by Gasteiger charge is -2.33. The number of pyridine rings is 2. The summed E-state index contributed by atoms with van der Waals surface area (Å²) in [5.41, 5.74) is 5.29. The normalized spacial score (nSPS) is 19.4. The predicted molar refractivity (Wildman–Crippen MR) is 130 cm³/mol. The fourth-order valence-corrected chi connectivity index (χ4v) is 5.65. The van der Waals surface area contributed by atoms with Gasteiger partial charge in [-0.3, -0.25) is 4.79 Å². The van der Waals surface area contributed by atoms with E-state index in [2.05, 4.69) is 56.8 Å². The number of sulfone groups is 1. The second kappa shape index (κ2) is 8.59. The summed E-state index contributed by atoms with van der Waals surface area (Å²) in [5, 5.41) is 3.12. The maximum atomic E-state index is 13.6. The fourth-order valence-electron chi connectivity index (χ4n) is 4.25. The summed E-state index contributed by atoms with van der Waals surface area (Å²) in [7, 11) is -4.13. The molecule has 0 radical (unpaired) electrons. The molecule has 0 spiro atoms. The second-order valence-corrected chi connectivity index (χ2v) is 12.6. The van der Waals surface area contributed by atoms with Gasteiger partial charge in [-0.15, -0.1) is 0 Å². The number of carbonyl (C=O) groups is 1. The van der Waals surface area contributed by atoms with Crippen molar-refractivity contribution in [2.24, 2.45) is 17.1 Å². The molecule has 1 fully saturated rings. The van der Waals surface area contributed by atoms with Crippen LogP contribution in [0.2, 0.25) is 0 Å². The van der Waals surface area contributed by atoms with Crippen LogP contribution in [0.5, 0.6) is 0 Å². The molecular weight excluding hydrogens is 438 g/mol. The number of nitrogens with zero attached hydrogens (tertiary/aromatic N) is 3. The molecule has 1 saturated heterocycles. The van der Waals surface area contributed by atoms with E-state index >= 15 is 0 Å². The van der Waals surface area contributed by atoms with Crippen LogP contribution in [-0.4, -0.2) is 42.4 Å². The Morgan fingerprint density at radius 2 is 1.94 bits per heavy atom. The highest BCUT2D eigenvalue weighted by Crippen LogP contribution is 2.39. The third-order valence-electron chi connectivity index (χ3n) is 6.42. The van der Waals surface area contributed by atoms with Gasteiger partial charge in [0.1, 0.15) is 17.2 Å². The van der Waals surface area contributed by atoms with Gasteiger partial charge in [0, 0.05) is 24.3 Å². The number of primary amides is 1. The van der Waals surface area contributed by atoms with Crippen molar-refractivity contribution in [3.8, 4) is 0 Å². The van der Waals surface area contributed by atoms with Crippen LogP contribution >= 0.6 is 0 Å². The van der Waals surface area contributed by atoms with Crippen LogP contribution in [0.3, 0.4) is 0 Å². The molecule has 9 heteroatoms. The van der Waals surface area contributed by atoms with Gasteiger partial charge in [-0.1, -0.05) is 33.8 Å². The zero-order valence-corrected chi connectivity index (χ0v) is 21.3. The van der Waals surface area contributed by atoms with Gasteiger partial charge in [-0.25, -0.2) is 18.4 Å². The van der Waals surface area contributed by atoms with Crippen LogP contribution in [0.4, 0.5) is 11.6 Å². The minimum atomic E-state index is -4.13. The molecule has 2 aromatic rings. The number of aromatic nitrogens is 2. The number of amides is 1. The van der Waals surface area contributed by atoms with E-state index < -0.39 is 15.7 Å². The van der Waals surface area contributed by atoms with Crippen molar-refractivity contribution in [3.63, 3.8) is 0 Å². The van der Waals surface area contributed by atoms with E-state index in [1.807, 2.05) is 11.8 Å². The van der Waals surface area contributed by atoms with Gasteiger partial charge in [0.15, 0.2) is 5.03 Å². The summed E-state index contributed by atoms with van der Waals surface area (Å²) in [4.78, 5) is 23.1. The van der Waals surface area contributed by atoms with Crippen molar-refractivity contribution in [2.45, 2.75) is 76.4 Å². The zero-order valence-electron chi connectivity index (χ0n) is 20.5. The molecular formula is C24H35N5O3S. The van der Waals surface area contributed by atoms with E-state index in [1.54, 1.807) is 12.1 Å². The minimum absolute atomic E-state index is 0.0463. The Kier molecular flexibility index (Phi) is 6.50. The average molecular weight is 474 g/mol. The Balaban J connectivity index is 2.10. The molecule has 1 unspecified atom stereocenters. The number of nitrogens with one attached hydrogen (secondary N) is 1. The van der Waals surface area contributed by atoms with Crippen molar-refractivity contribution in [3.05, 3.63) is 36.0 Å². The topological polar surface area (TPSA) is 118 Å². The molecule has 3 rings (SSSR count). The largest absolute Gasteiger partial charge is 0.367 e. The smallest absolute Gasteiger partial charge is 0.253 e. The highest BCUT2D eigenvalue weighted by molar-refractivity contribution is 7.91. The van der Waals surface area contributed by atoms with Gasteiger partial charge in [0.25, 0.3) is 5.91 Å². The highest BCUT2D eigenvalue weighted by atomic mass is 32.2. The van der Waals surface area contributed by atoms with Gasteiger partial charge in [-0.2, -0.15) is 0 Å². The Bertz CT molecular complexity index is 1150. The first-order valence-electron chi connectivity index (χ1n) is 11.2. The molecule has 3 heterocycles. The van der Waals surface area contributed by atoms with Crippen LogP contribution in [-0.2, 0) is 9.84 Å². The predicted octanol–water partition coefficient (Wildman–Crippen LogP) is 3.88. The lowest BCUT2D eigenvalue weighted by Crippen LogP contribution is -2.40. The lowest BCUT2D eigenvalue weighted by atomic mass is 9.88. The summed E-state index contributed by atoms with van der Waals surface area (Å²) < 4.78 is 27.3. The van der Waals surface area contributed by atoms with E-state index in [-0.39, 0.29) is 32.5 Å². The zero-order chi connectivity index (χ0) is 24.8. The number of nitrogens with two attached hydrogens (primary N) is 1. The molecule has 0 saturated carbocycles. The first kappa shape index (κ1) is 25.0. The Labute approximate surface area is 196 Å². The summed E-state index contributed by atoms with van der Waals surface area (Å²) in [6.07, 6.45) is 2.31. The first-order chi connectivity index (χ1) is 15.1. The second-order valence-electron chi connectivity index (χ2n) is 10.7. The minimum Gasteiger partial charge on any atom is -0.367 e. The van der Waals surface area contributed by atoms with Crippen LogP contribution in [0.25, 0.3) is 0 Å². The van der Waals surface area contributed by atoms with Crippen LogP contribution < -0.4 is 16.0 Å². The van der Waals surface area contributed by atoms with Gasteiger partial charge in [0.05, 0.1) is 4.90 Å². The molecule has 0 bridgehead atoms. The molecule has 1 aliphatic rings. The first-order valence-corrected chi connectivity index (χ1v) is 12.7. The molecule has 8 nitrogen and oxygen atoms in total. The molecule has 2 atom stereocenters. The van der Waals surface area contributed by atoms with Crippen LogP contribution in [0, 0.1) is 11.3 Å². The van der Waals surface area contributed by atoms with E-state index in [1.165, 1.54) is 18.3 Å². The Morgan fingerprint density at radius 1 is 1.27 bits per heavy atom. The molecule has 0 aliphatic carbocycles. The SMILES string of the molecule is CC1CN(c2nccc(S(=O)(=O)c3cccc(N[C@H](C)C(C)(C)C)n3)c2C(N)=O)C(C)(C)C1. The van der Waals surface area contributed by atoms with E-state index in [4.69, 9.17) is 5.73 Å². The summed E-state index contributed by atoms with van der Waals surface area (Å²) in [6.45, 7) is 15.2. The number of rotatable bonds is 6. The monoisotopic (exact) mass is 473 g/mol.